The Morgan fingerprint density at radius 2 is 2.20 bits per heavy atom. The number of aliphatic hydroxyl groups is 1. The van der Waals surface area contributed by atoms with Crippen LogP contribution in [-0.2, 0) is 0 Å². The number of halogens is 1. The highest BCUT2D eigenvalue weighted by Crippen LogP contribution is 2.45. The molecule has 2 fully saturated rings. The molecule has 2 aliphatic carbocycles. The van der Waals surface area contributed by atoms with Crippen LogP contribution in [-0.4, -0.2) is 16.7 Å². The standard InChI is InChI=1S/C7H13NO.ClH/c8-7-2-1-5(4-7)3-6(7)9;/h5-6,9H,1-4,8H2;1H/t5-,6-,7+;/m1./s1. The molecule has 0 radical (unpaired) electrons. The summed E-state index contributed by atoms with van der Waals surface area (Å²) in [7, 11) is 0. The van der Waals surface area contributed by atoms with Gasteiger partial charge in [0.2, 0.25) is 0 Å². The minimum absolute atomic E-state index is 0. The normalized spacial score (nSPS) is 51.0. The van der Waals surface area contributed by atoms with Crippen LogP contribution in [0.5, 0.6) is 0 Å². The monoisotopic (exact) mass is 163 g/mol. The molecule has 0 unspecified atom stereocenters. The van der Waals surface area contributed by atoms with Crippen LogP contribution in [0.1, 0.15) is 25.7 Å². The summed E-state index contributed by atoms with van der Waals surface area (Å²) in [6.07, 6.45) is 4.10. The van der Waals surface area contributed by atoms with E-state index in [1.54, 1.807) is 0 Å². The fourth-order valence-corrected chi connectivity index (χ4v) is 2.27. The average molecular weight is 164 g/mol. The molecule has 3 N–H and O–H groups in total. The molecule has 2 saturated carbocycles. The van der Waals surface area contributed by atoms with Crippen LogP contribution in [0.2, 0.25) is 0 Å². The third-order valence-corrected chi connectivity index (χ3v) is 2.91. The van der Waals surface area contributed by atoms with Gasteiger partial charge in [0.1, 0.15) is 0 Å². The highest BCUT2D eigenvalue weighted by atomic mass is 35.5. The van der Waals surface area contributed by atoms with Crippen molar-refractivity contribution >= 4 is 12.4 Å². The summed E-state index contributed by atoms with van der Waals surface area (Å²) in [6.45, 7) is 0. The largest absolute Gasteiger partial charge is 0.391 e. The second kappa shape index (κ2) is 2.36. The molecule has 10 heavy (non-hydrogen) atoms. The maximum atomic E-state index is 9.35. The minimum Gasteiger partial charge on any atom is -0.391 e. The molecule has 0 aliphatic heterocycles. The van der Waals surface area contributed by atoms with Gasteiger partial charge in [0, 0.05) is 5.54 Å². The maximum Gasteiger partial charge on any atom is 0.0722 e. The molecular formula is C7H14ClNO. The van der Waals surface area contributed by atoms with Crippen molar-refractivity contribution in [3.05, 3.63) is 0 Å². The van der Waals surface area contributed by atoms with Crippen molar-refractivity contribution in [3.8, 4) is 0 Å². The Morgan fingerprint density at radius 3 is 2.40 bits per heavy atom. The Morgan fingerprint density at radius 1 is 1.50 bits per heavy atom. The molecule has 2 rings (SSSR count). The topological polar surface area (TPSA) is 46.2 Å². The molecular weight excluding hydrogens is 150 g/mol. The molecule has 2 aliphatic rings. The Labute approximate surface area is 67.2 Å². The fourth-order valence-electron chi connectivity index (χ4n) is 2.27. The van der Waals surface area contributed by atoms with Gasteiger partial charge in [-0.25, -0.2) is 0 Å². The highest BCUT2D eigenvalue weighted by Gasteiger charge is 2.48. The van der Waals surface area contributed by atoms with E-state index in [4.69, 9.17) is 5.73 Å². The van der Waals surface area contributed by atoms with E-state index in [9.17, 15) is 5.11 Å². The van der Waals surface area contributed by atoms with Gasteiger partial charge in [-0.15, -0.1) is 12.4 Å². The number of hydrogen-bond donors (Lipinski definition) is 2. The summed E-state index contributed by atoms with van der Waals surface area (Å²) in [5, 5.41) is 9.35. The molecule has 3 atom stereocenters. The summed E-state index contributed by atoms with van der Waals surface area (Å²) >= 11 is 0. The summed E-state index contributed by atoms with van der Waals surface area (Å²) in [6, 6.07) is 0. The predicted octanol–water partition coefficient (Wildman–Crippen LogP) is 0.670. The lowest BCUT2D eigenvalue weighted by Gasteiger charge is -2.26. The first-order valence-electron chi connectivity index (χ1n) is 3.68. The highest BCUT2D eigenvalue weighted by molar-refractivity contribution is 5.85. The van der Waals surface area contributed by atoms with E-state index in [0.29, 0.717) is 0 Å². The van der Waals surface area contributed by atoms with Gasteiger partial charge in [-0.3, -0.25) is 0 Å². The summed E-state index contributed by atoms with van der Waals surface area (Å²) < 4.78 is 0. The van der Waals surface area contributed by atoms with E-state index < -0.39 is 0 Å². The average Bonchev–Trinajstić information content (AvgIpc) is 2.22. The number of aliphatic hydroxyl groups excluding tert-OH is 1. The van der Waals surface area contributed by atoms with E-state index in [1.807, 2.05) is 0 Å². The molecule has 0 aromatic heterocycles. The minimum atomic E-state index is -0.198. The van der Waals surface area contributed by atoms with Gasteiger partial charge in [0.25, 0.3) is 0 Å². The SMILES string of the molecule is Cl.N[C@]12CC[C@H](C[C@H]1O)C2. The third kappa shape index (κ3) is 0.949. The molecule has 0 saturated heterocycles. The van der Waals surface area contributed by atoms with Crippen molar-refractivity contribution in [2.75, 3.05) is 0 Å². The smallest absolute Gasteiger partial charge is 0.0722 e. The van der Waals surface area contributed by atoms with Crippen molar-refractivity contribution in [1.82, 2.24) is 0 Å². The van der Waals surface area contributed by atoms with Gasteiger partial charge in [-0.2, -0.15) is 0 Å². The van der Waals surface area contributed by atoms with Gasteiger partial charge in [-0.05, 0) is 31.6 Å². The van der Waals surface area contributed by atoms with Crippen molar-refractivity contribution in [3.63, 3.8) is 0 Å². The molecule has 0 aromatic carbocycles. The van der Waals surface area contributed by atoms with Crippen LogP contribution in [0.3, 0.4) is 0 Å². The lowest BCUT2D eigenvalue weighted by atomic mass is 9.92. The van der Waals surface area contributed by atoms with E-state index in [2.05, 4.69) is 0 Å². The van der Waals surface area contributed by atoms with Crippen LogP contribution in [0.25, 0.3) is 0 Å². The zero-order valence-electron chi connectivity index (χ0n) is 5.92. The number of nitrogens with two attached hydrogens (primary N) is 1. The van der Waals surface area contributed by atoms with Crippen molar-refractivity contribution < 1.29 is 5.11 Å². The summed E-state index contributed by atoms with van der Waals surface area (Å²) in [5.74, 6) is 0.741. The molecule has 2 bridgehead atoms. The second-order valence-corrected chi connectivity index (χ2v) is 3.59. The van der Waals surface area contributed by atoms with E-state index in [-0.39, 0.29) is 24.0 Å². The summed E-state index contributed by atoms with van der Waals surface area (Å²) in [4.78, 5) is 0. The van der Waals surface area contributed by atoms with Gasteiger partial charge in [0.05, 0.1) is 6.10 Å². The van der Waals surface area contributed by atoms with Crippen molar-refractivity contribution in [2.24, 2.45) is 11.7 Å². The maximum absolute atomic E-state index is 9.35. The van der Waals surface area contributed by atoms with Gasteiger partial charge >= 0.3 is 0 Å². The number of rotatable bonds is 0. The van der Waals surface area contributed by atoms with Crippen molar-refractivity contribution in [2.45, 2.75) is 37.3 Å². The van der Waals surface area contributed by atoms with Crippen LogP contribution in [0.15, 0.2) is 0 Å². The van der Waals surface area contributed by atoms with E-state index in [1.165, 1.54) is 6.42 Å². The first-order chi connectivity index (χ1) is 4.21. The van der Waals surface area contributed by atoms with Crippen LogP contribution >= 0.6 is 12.4 Å². The first-order valence-corrected chi connectivity index (χ1v) is 3.68. The Balaban J connectivity index is 0.000000500. The lowest BCUT2D eigenvalue weighted by molar-refractivity contribution is 0.0931. The molecule has 0 spiro atoms. The molecule has 2 nitrogen and oxygen atoms in total. The fraction of sp³-hybridized carbons (Fsp3) is 1.00. The zero-order valence-corrected chi connectivity index (χ0v) is 6.73. The molecule has 0 heterocycles. The Kier molecular flexibility index (Phi) is 1.96. The van der Waals surface area contributed by atoms with Crippen LogP contribution in [0.4, 0.5) is 0 Å². The quantitative estimate of drug-likeness (QED) is 0.552. The van der Waals surface area contributed by atoms with Crippen LogP contribution < -0.4 is 5.73 Å². The Hall–Kier alpha value is 0.210. The zero-order chi connectivity index (χ0) is 6.48. The molecule has 0 amide bonds. The molecule has 3 heteroatoms. The first kappa shape index (κ1) is 8.31. The molecule has 60 valence electrons. The number of hydrogen-bond acceptors (Lipinski definition) is 2. The van der Waals surface area contributed by atoms with E-state index in [0.717, 1.165) is 25.2 Å². The van der Waals surface area contributed by atoms with Crippen molar-refractivity contribution in [1.29, 1.82) is 0 Å². The van der Waals surface area contributed by atoms with E-state index >= 15 is 0 Å². The molecule has 0 aromatic rings. The van der Waals surface area contributed by atoms with Gasteiger partial charge in [0.15, 0.2) is 0 Å². The third-order valence-electron chi connectivity index (χ3n) is 2.91. The van der Waals surface area contributed by atoms with Crippen LogP contribution in [0, 0.1) is 5.92 Å². The summed E-state index contributed by atoms with van der Waals surface area (Å²) in [5.41, 5.74) is 5.72. The van der Waals surface area contributed by atoms with Gasteiger partial charge < -0.3 is 10.8 Å². The van der Waals surface area contributed by atoms with Gasteiger partial charge in [-0.1, -0.05) is 0 Å². The predicted molar refractivity (Wildman–Crippen MR) is 42.1 cm³/mol. The number of fused-ring (bicyclic) bond motifs is 2. The lowest BCUT2D eigenvalue weighted by Crippen LogP contribution is -2.45. The second-order valence-electron chi connectivity index (χ2n) is 3.59. The Bertz CT molecular complexity index is 142.